The molecule has 2 fully saturated rings. The Kier molecular flexibility index (Phi) is 4.44. The Bertz CT molecular complexity index is 311. The first-order chi connectivity index (χ1) is 8.66. The minimum absolute atomic E-state index is 0.0781. The second-order valence-corrected chi connectivity index (χ2v) is 5.41. The zero-order valence-corrected chi connectivity index (χ0v) is 10.7. The van der Waals surface area contributed by atoms with Crippen LogP contribution in [-0.4, -0.2) is 41.1 Å². The minimum Gasteiger partial charge on any atom is -0.481 e. The largest absolute Gasteiger partial charge is 0.481 e. The summed E-state index contributed by atoms with van der Waals surface area (Å²) in [5, 5.41) is 12.0. The Labute approximate surface area is 108 Å². The van der Waals surface area contributed by atoms with E-state index in [4.69, 9.17) is 5.11 Å². The summed E-state index contributed by atoms with van der Waals surface area (Å²) < 4.78 is 0. The highest BCUT2D eigenvalue weighted by molar-refractivity contribution is 5.77. The van der Waals surface area contributed by atoms with E-state index in [1.807, 2.05) is 0 Å². The summed E-state index contributed by atoms with van der Waals surface area (Å²) in [5.41, 5.74) is 0. The molecule has 0 spiro atoms. The monoisotopic (exact) mass is 254 g/mol. The molecule has 1 aliphatic heterocycles. The zero-order chi connectivity index (χ0) is 13.0. The number of urea groups is 1. The van der Waals surface area contributed by atoms with Gasteiger partial charge in [-0.15, -0.1) is 0 Å². The fourth-order valence-corrected chi connectivity index (χ4v) is 2.84. The lowest BCUT2D eigenvalue weighted by Crippen LogP contribution is -2.44. The van der Waals surface area contributed by atoms with Crippen molar-refractivity contribution in [2.24, 2.45) is 5.92 Å². The number of carbonyl (C=O) groups is 2. The van der Waals surface area contributed by atoms with Gasteiger partial charge in [-0.05, 0) is 19.3 Å². The summed E-state index contributed by atoms with van der Waals surface area (Å²) in [7, 11) is 0. The quantitative estimate of drug-likeness (QED) is 0.738. The number of amides is 2. The highest BCUT2D eigenvalue weighted by atomic mass is 16.4. The summed E-state index contributed by atoms with van der Waals surface area (Å²) in [6, 6.07) is 0.203. The van der Waals surface area contributed by atoms with Crippen LogP contribution in [0.5, 0.6) is 0 Å². The third-order valence-corrected chi connectivity index (χ3v) is 4.01. The standard InChI is InChI=1S/C13H22N2O3/c16-12(17)10-7-8-15(9-10)13(18)14-11-5-3-1-2-4-6-11/h10-11H,1-9H2,(H,14,18)(H,16,17). The normalized spacial score (nSPS) is 25.8. The van der Waals surface area contributed by atoms with Gasteiger partial charge in [-0.2, -0.15) is 0 Å². The number of carboxylic acid groups (broad SMARTS) is 1. The van der Waals surface area contributed by atoms with Gasteiger partial charge in [0.2, 0.25) is 0 Å². The second kappa shape index (κ2) is 6.07. The molecule has 1 saturated carbocycles. The maximum absolute atomic E-state index is 12.0. The topological polar surface area (TPSA) is 69.6 Å². The Morgan fingerprint density at radius 2 is 1.72 bits per heavy atom. The molecule has 1 saturated heterocycles. The molecule has 1 heterocycles. The van der Waals surface area contributed by atoms with Crippen LogP contribution in [0.1, 0.15) is 44.9 Å². The van der Waals surface area contributed by atoms with Crippen molar-refractivity contribution in [1.82, 2.24) is 10.2 Å². The van der Waals surface area contributed by atoms with Gasteiger partial charge >= 0.3 is 12.0 Å². The third-order valence-electron chi connectivity index (χ3n) is 4.01. The summed E-state index contributed by atoms with van der Waals surface area (Å²) in [6.07, 6.45) is 7.58. The van der Waals surface area contributed by atoms with Crippen LogP contribution in [0.25, 0.3) is 0 Å². The lowest BCUT2D eigenvalue weighted by Gasteiger charge is -2.22. The van der Waals surface area contributed by atoms with Gasteiger partial charge in [0.1, 0.15) is 0 Å². The summed E-state index contributed by atoms with van der Waals surface area (Å²) in [6.45, 7) is 0.920. The van der Waals surface area contributed by atoms with E-state index in [-0.39, 0.29) is 18.0 Å². The molecule has 0 aromatic carbocycles. The zero-order valence-electron chi connectivity index (χ0n) is 10.7. The van der Waals surface area contributed by atoms with E-state index in [1.165, 1.54) is 25.7 Å². The SMILES string of the molecule is O=C(O)C1CCN(C(=O)NC2CCCCCC2)C1. The molecule has 0 bridgehead atoms. The highest BCUT2D eigenvalue weighted by Crippen LogP contribution is 2.19. The van der Waals surface area contributed by atoms with Crippen LogP contribution in [0, 0.1) is 5.92 Å². The molecule has 102 valence electrons. The predicted octanol–water partition coefficient (Wildman–Crippen LogP) is 1.83. The molecule has 18 heavy (non-hydrogen) atoms. The molecule has 2 N–H and O–H groups in total. The molecule has 0 aromatic heterocycles. The molecule has 1 aliphatic carbocycles. The number of hydrogen-bond donors (Lipinski definition) is 2. The Balaban J connectivity index is 1.79. The van der Waals surface area contributed by atoms with Crippen molar-refractivity contribution in [3.05, 3.63) is 0 Å². The predicted molar refractivity (Wildman–Crippen MR) is 67.3 cm³/mol. The van der Waals surface area contributed by atoms with Crippen LogP contribution in [0.15, 0.2) is 0 Å². The number of nitrogens with zero attached hydrogens (tertiary/aromatic N) is 1. The molecule has 2 amide bonds. The van der Waals surface area contributed by atoms with Crippen LogP contribution in [0.3, 0.4) is 0 Å². The van der Waals surface area contributed by atoms with Gasteiger partial charge in [-0.3, -0.25) is 4.79 Å². The number of likely N-dealkylation sites (tertiary alicyclic amines) is 1. The van der Waals surface area contributed by atoms with Gasteiger partial charge in [0.05, 0.1) is 5.92 Å². The second-order valence-electron chi connectivity index (χ2n) is 5.41. The van der Waals surface area contributed by atoms with Crippen LogP contribution in [-0.2, 0) is 4.79 Å². The smallest absolute Gasteiger partial charge is 0.317 e. The van der Waals surface area contributed by atoms with Crippen molar-refractivity contribution in [2.75, 3.05) is 13.1 Å². The van der Waals surface area contributed by atoms with E-state index < -0.39 is 5.97 Å². The number of carbonyl (C=O) groups excluding carboxylic acids is 1. The Morgan fingerprint density at radius 1 is 1.06 bits per heavy atom. The fourth-order valence-electron chi connectivity index (χ4n) is 2.84. The fraction of sp³-hybridized carbons (Fsp3) is 0.846. The van der Waals surface area contributed by atoms with E-state index >= 15 is 0 Å². The van der Waals surface area contributed by atoms with Gasteiger partial charge in [-0.1, -0.05) is 25.7 Å². The highest BCUT2D eigenvalue weighted by Gasteiger charge is 2.31. The molecule has 1 atom stereocenters. The maximum atomic E-state index is 12.0. The first-order valence-electron chi connectivity index (χ1n) is 6.95. The number of nitrogens with one attached hydrogen (secondary N) is 1. The van der Waals surface area contributed by atoms with E-state index in [9.17, 15) is 9.59 Å². The third kappa shape index (κ3) is 3.37. The van der Waals surface area contributed by atoms with E-state index in [0.717, 1.165) is 12.8 Å². The average Bonchev–Trinajstić information content (AvgIpc) is 2.70. The summed E-state index contributed by atoms with van der Waals surface area (Å²) in [5.74, 6) is -1.18. The van der Waals surface area contributed by atoms with E-state index in [2.05, 4.69) is 5.32 Å². The molecule has 0 radical (unpaired) electrons. The summed E-state index contributed by atoms with van der Waals surface area (Å²) in [4.78, 5) is 24.5. The maximum Gasteiger partial charge on any atom is 0.317 e. The van der Waals surface area contributed by atoms with Crippen molar-refractivity contribution < 1.29 is 14.7 Å². The number of rotatable bonds is 2. The molecule has 1 unspecified atom stereocenters. The van der Waals surface area contributed by atoms with Crippen molar-refractivity contribution in [1.29, 1.82) is 0 Å². The lowest BCUT2D eigenvalue weighted by atomic mass is 10.1. The van der Waals surface area contributed by atoms with Gasteiger partial charge in [-0.25, -0.2) is 4.79 Å². The molecular weight excluding hydrogens is 232 g/mol. The van der Waals surface area contributed by atoms with Crippen molar-refractivity contribution in [2.45, 2.75) is 51.0 Å². The van der Waals surface area contributed by atoms with Gasteiger partial charge in [0.15, 0.2) is 0 Å². The van der Waals surface area contributed by atoms with Gasteiger partial charge in [0, 0.05) is 19.1 Å². The number of aliphatic carboxylic acids is 1. The van der Waals surface area contributed by atoms with E-state index in [1.54, 1.807) is 4.90 Å². The minimum atomic E-state index is -0.792. The number of hydrogen-bond acceptors (Lipinski definition) is 2. The van der Waals surface area contributed by atoms with E-state index in [0.29, 0.717) is 19.5 Å². The summed E-state index contributed by atoms with van der Waals surface area (Å²) >= 11 is 0. The van der Waals surface area contributed by atoms with Crippen molar-refractivity contribution in [3.8, 4) is 0 Å². The molecule has 0 aromatic rings. The van der Waals surface area contributed by atoms with Crippen molar-refractivity contribution >= 4 is 12.0 Å². The van der Waals surface area contributed by atoms with Crippen LogP contribution >= 0.6 is 0 Å². The van der Waals surface area contributed by atoms with Crippen LogP contribution < -0.4 is 5.32 Å². The molecule has 2 rings (SSSR count). The first kappa shape index (κ1) is 13.2. The molecule has 2 aliphatic rings. The van der Waals surface area contributed by atoms with Crippen molar-refractivity contribution in [3.63, 3.8) is 0 Å². The van der Waals surface area contributed by atoms with Crippen LogP contribution in [0.4, 0.5) is 4.79 Å². The Hall–Kier alpha value is -1.26. The van der Waals surface area contributed by atoms with Crippen LogP contribution in [0.2, 0.25) is 0 Å². The number of carboxylic acids is 1. The van der Waals surface area contributed by atoms with Gasteiger partial charge in [0.25, 0.3) is 0 Å². The first-order valence-corrected chi connectivity index (χ1v) is 6.95. The average molecular weight is 254 g/mol. The molecule has 5 nitrogen and oxygen atoms in total. The Morgan fingerprint density at radius 3 is 2.28 bits per heavy atom. The molecule has 5 heteroatoms. The lowest BCUT2D eigenvalue weighted by molar-refractivity contribution is -0.141. The van der Waals surface area contributed by atoms with Gasteiger partial charge < -0.3 is 15.3 Å². The molecular formula is C13H22N2O3.